The molecule has 2 unspecified atom stereocenters. The highest BCUT2D eigenvalue weighted by Crippen LogP contribution is 2.34. The van der Waals surface area contributed by atoms with Gasteiger partial charge in [0.1, 0.15) is 0 Å². The van der Waals surface area contributed by atoms with E-state index >= 15 is 0 Å². The summed E-state index contributed by atoms with van der Waals surface area (Å²) in [6, 6.07) is 16.0. The van der Waals surface area contributed by atoms with Gasteiger partial charge in [-0.15, -0.1) is 0 Å². The molecule has 1 nitrogen and oxygen atoms in total. The summed E-state index contributed by atoms with van der Waals surface area (Å²) in [6.07, 6.45) is 1.22. The molecular weight excluding hydrogens is 242 g/mol. The average Bonchev–Trinajstić information content (AvgIpc) is 2.38. The SMILES string of the molecule is Cc1cc(C)cc(C(C)NCC2Cc3ccccc32)c1. The van der Waals surface area contributed by atoms with Crippen LogP contribution in [0, 0.1) is 13.8 Å². The molecule has 20 heavy (non-hydrogen) atoms. The molecule has 2 aromatic carbocycles. The van der Waals surface area contributed by atoms with Crippen molar-refractivity contribution in [3.63, 3.8) is 0 Å². The number of benzene rings is 2. The average molecular weight is 265 g/mol. The van der Waals surface area contributed by atoms with Gasteiger partial charge >= 0.3 is 0 Å². The van der Waals surface area contributed by atoms with Crippen LogP contribution in [0.4, 0.5) is 0 Å². The molecule has 2 atom stereocenters. The Morgan fingerprint density at radius 2 is 1.80 bits per heavy atom. The first-order chi connectivity index (χ1) is 9.63. The van der Waals surface area contributed by atoms with Crippen molar-refractivity contribution in [1.82, 2.24) is 5.32 Å². The van der Waals surface area contributed by atoms with Gasteiger partial charge in [0.25, 0.3) is 0 Å². The van der Waals surface area contributed by atoms with Crippen molar-refractivity contribution in [2.24, 2.45) is 0 Å². The van der Waals surface area contributed by atoms with E-state index in [2.05, 4.69) is 68.6 Å². The minimum atomic E-state index is 0.418. The molecule has 1 N–H and O–H groups in total. The van der Waals surface area contributed by atoms with Crippen LogP contribution in [-0.2, 0) is 6.42 Å². The number of hydrogen-bond acceptors (Lipinski definition) is 1. The standard InChI is InChI=1S/C19H23N/c1-13-8-14(2)10-17(9-13)15(3)20-12-18-11-16-6-4-5-7-19(16)18/h4-10,15,18,20H,11-12H2,1-3H3. The number of hydrogen-bond donors (Lipinski definition) is 1. The highest BCUT2D eigenvalue weighted by molar-refractivity contribution is 5.40. The number of rotatable bonds is 4. The first-order valence-corrected chi connectivity index (χ1v) is 7.53. The van der Waals surface area contributed by atoms with Crippen molar-refractivity contribution in [2.45, 2.75) is 39.2 Å². The van der Waals surface area contributed by atoms with Gasteiger partial charge in [0.15, 0.2) is 0 Å². The van der Waals surface area contributed by atoms with Crippen molar-refractivity contribution < 1.29 is 0 Å². The van der Waals surface area contributed by atoms with E-state index in [-0.39, 0.29) is 0 Å². The second-order valence-electron chi connectivity index (χ2n) is 6.15. The zero-order chi connectivity index (χ0) is 14.1. The van der Waals surface area contributed by atoms with E-state index in [0.29, 0.717) is 12.0 Å². The third-order valence-corrected chi connectivity index (χ3v) is 4.38. The van der Waals surface area contributed by atoms with Crippen LogP contribution >= 0.6 is 0 Å². The van der Waals surface area contributed by atoms with Crippen LogP contribution in [0.15, 0.2) is 42.5 Å². The molecular formula is C19H23N. The Labute approximate surface area is 122 Å². The van der Waals surface area contributed by atoms with E-state index < -0.39 is 0 Å². The van der Waals surface area contributed by atoms with Gasteiger partial charge in [-0.1, -0.05) is 53.6 Å². The van der Waals surface area contributed by atoms with Crippen LogP contribution in [0.5, 0.6) is 0 Å². The Balaban J connectivity index is 1.62. The van der Waals surface area contributed by atoms with Crippen LogP contribution in [0.1, 0.15) is 46.7 Å². The monoisotopic (exact) mass is 265 g/mol. The van der Waals surface area contributed by atoms with Crippen molar-refractivity contribution in [1.29, 1.82) is 0 Å². The summed E-state index contributed by atoms with van der Waals surface area (Å²) in [4.78, 5) is 0. The van der Waals surface area contributed by atoms with Crippen LogP contribution in [0.3, 0.4) is 0 Å². The molecule has 0 heterocycles. The summed E-state index contributed by atoms with van der Waals surface area (Å²) in [5.74, 6) is 0.694. The fourth-order valence-electron chi connectivity index (χ4n) is 3.24. The molecule has 0 spiro atoms. The van der Waals surface area contributed by atoms with Crippen molar-refractivity contribution in [3.8, 4) is 0 Å². The lowest BCUT2D eigenvalue weighted by Crippen LogP contribution is -2.30. The Bertz CT molecular complexity index is 595. The summed E-state index contributed by atoms with van der Waals surface area (Å²) in [7, 11) is 0. The fraction of sp³-hybridized carbons (Fsp3) is 0.368. The molecule has 1 heteroatoms. The molecule has 0 fully saturated rings. The lowest BCUT2D eigenvalue weighted by molar-refractivity contribution is 0.489. The number of aryl methyl sites for hydroxylation is 2. The van der Waals surface area contributed by atoms with Gasteiger partial charge in [-0.3, -0.25) is 0 Å². The maximum absolute atomic E-state index is 3.70. The van der Waals surface area contributed by atoms with Crippen molar-refractivity contribution in [2.75, 3.05) is 6.54 Å². The first-order valence-electron chi connectivity index (χ1n) is 7.53. The Morgan fingerprint density at radius 3 is 2.50 bits per heavy atom. The van der Waals surface area contributed by atoms with E-state index in [1.165, 1.54) is 34.2 Å². The van der Waals surface area contributed by atoms with E-state index in [1.807, 2.05) is 0 Å². The van der Waals surface area contributed by atoms with E-state index in [9.17, 15) is 0 Å². The molecule has 0 radical (unpaired) electrons. The molecule has 1 aliphatic rings. The van der Waals surface area contributed by atoms with E-state index in [4.69, 9.17) is 0 Å². The molecule has 0 amide bonds. The Morgan fingerprint density at radius 1 is 1.10 bits per heavy atom. The lowest BCUT2D eigenvalue weighted by Gasteiger charge is -2.31. The second-order valence-corrected chi connectivity index (χ2v) is 6.15. The van der Waals surface area contributed by atoms with Crippen LogP contribution in [0.25, 0.3) is 0 Å². The summed E-state index contributed by atoms with van der Waals surface area (Å²) in [6.45, 7) is 7.68. The van der Waals surface area contributed by atoms with Crippen molar-refractivity contribution >= 4 is 0 Å². The molecule has 104 valence electrons. The van der Waals surface area contributed by atoms with Gasteiger partial charge in [0.2, 0.25) is 0 Å². The minimum Gasteiger partial charge on any atom is -0.310 e. The quantitative estimate of drug-likeness (QED) is 0.869. The fourth-order valence-corrected chi connectivity index (χ4v) is 3.24. The second kappa shape index (κ2) is 5.41. The lowest BCUT2D eigenvalue weighted by atomic mass is 9.77. The van der Waals surface area contributed by atoms with Gasteiger partial charge in [0.05, 0.1) is 0 Å². The maximum atomic E-state index is 3.70. The zero-order valence-corrected chi connectivity index (χ0v) is 12.6. The molecule has 1 aliphatic carbocycles. The van der Waals surface area contributed by atoms with Crippen LogP contribution in [0.2, 0.25) is 0 Å². The summed E-state index contributed by atoms with van der Waals surface area (Å²) >= 11 is 0. The largest absolute Gasteiger partial charge is 0.310 e. The van der Waals surface area contributed by atoms with Crippen LogP contribution < -0.4 is 5.32 Å². The highest BCUT2D eigenvalue weighted by atomic mass is 14.9. The normalized spacial score (nSPS) is 18.2. The van der Waals surface area contributed by atoms with E-state index in [0.717, 1.165) is 6.54 Å². The number of nitrogens with one attached hydrogen (secondary N) is 1. The molecule has 0 aromatic heterocycles. The third kappa shape index (κ3) is 2.64. The molecule has 0 saturated carbocycles. The molecule has 2 aromatic rings. The van der Waals surface area contributed by atoms with Crippen molar-refractivity contribution in [3.05, 3.63) is 70.3 Å². The Hall–Kier alpha value is -1.60. The molecule has 0 bridgehead atoms. The first kappa shape index (κ1) is 13.4. The minimum absolute atomic E-state index is 0.418. The zero-order valence-electron chi connectivity index (χ0n) is 12.6. The van der Waals surface area contributed by atoms with E-state index in [1.54, 1.807) is 0 Å². The van der Waals surface area contributed by atoms with Gasteiger partial charge < -0.3 is 5.32 Å². The predicted molar refractivity (Wildman–Crippen MR) is 85.2 cm³/mol. The highest BCUT2D eigenvalue weighted by Gasteiger charge is 2.25. The third-order valence-electron chi connectivity index (χ3n) is 4.38. The van der Waals surface area contributed by atoms with Gasteiger partial charge in [-0.2, -0.15) is 0 Å². The van der Waals surface area contributed by atoms with Crippen LogP contribution in [-0.4, -0.2) is 6.54 Å². The predicted octanol–water partition coefficient (Wildman–Crippen LogP) is 4.29. The molecule has 0 aliphatic heterocycles. The molecule has 0 saturated heterocycles. The number of fused-ring (bicyclic) bond motifs is 1. The molecule has 3 rings (SSSR count). The maximum Gasteiger partial charge on any atom is 0.0292 e. The summed E-state index contributed by atoms with van der Waals surface area (Å²) in [5.41, 5.74) is 7.16. The van der Waals surface area contributed by atoms with Gasteiger partial charge in [-0.05, 0) is 43.9 Å². The van der Waals surface area contributed by atoms with Gasteiger partial charge in [0, 0.05) is 18.5 Å². The van der Waals surface area contributed by atoms with Gasteiger partial charge in [-0.25, -0.2) is 0 Å². The smallest absolute Gasteiger partial charge is 0.0292 e. The summed E-state index contributed by atoms with van der Waals surface area (Å²) < 4.78 is 0. The Kier molecular flexibility index (Phi) is 3.62. The summed E-state index contributed by atoms with van der Waals surface area (Å²) in [5, 5.41) is 3.70. The topological polar surface area (TPSA) is 12.0 Å².